The fourth-order valence-corrected chi connectivity index (χ4v) is 3.62. The summed E-state index contributed by atoms with van der Waals surface area (Å²) in [4.78, 5) is 47.5. The number of benzene rings is 1. The largest absolute Gasteiger partial charge is 0.490 e. The second-order valence-corrected chi connectivity index (χ2v) is 7.21. The molecule has 150 valence electrons. The average molecular weight is 473 g/mol. The molecule has 1 fully saturated rings. The molecule has 2 N–H and O–H groups in total. The zero-order valence-corrected chi connectivity index (χ0v) is 17.4. The molecule has 28 heavy (non-hydrogen) atoms. The molecule has 1 saturated heterocycles. The van der Waals surface area contributed by atoms with Crippen LogP contribution in [0.1, 0.15) is 12.5 Å². The van der Waals surface area contributed by atoms with Gasteiger partial charge in [-0.25, -0.2) is 4.79 Å². The number of hydrogen-bond donors (Lipinski definition) is 1. The highest BCUT2D eigenvalue weighted by atomic mass is 79.9. The first-order chi connectivity index (χ1) is 13.3. The fourth-order valence-electron chi connectivity index (χ4n) is 2.21. The maximum atomic E-state index is 12.3. The maximum Gasteiger partial charge on any atom is 0.343 e. The van der Waals surface area contributed by atoms with E-state index in [1.165, 1.54) is 13.2 Å². The van der Waals surface area contributed by atoms with Gasteiger partial charge < -0.3 is 19.9 Å². The van der Waals surface area contributed by atoms with E-state index < -0.39 is 29.6 Å². The second-order valence-electron chi connectivity index (χ2n) is 5.36. The lowest BCUT2D eigenvalue weighted by molar-refractivity contribution is -0.143. The Hall–Kier alpha value is -2.53. The van der Waals surface area contributed by atoms with Crippen molar-refractivity contribution in [2.45, 2.75) is 6.92 Å². The van der Waals surface area contributed by atoms with Crippen LogP contribution in [0.5, 0.6) is 11.5 Å². The molecule has 1 aliphatic rings. The lowest BCUT2D eigenvalue weighted by Crippen LogP contribution is -2.36. The number of imide groups is 1. The molecule has 2 rings (SSSR count). The highest BCUT2D eigenvalue weighted by Gasteiger charge is 2.35. The van der Waals surface area contributed by atoms with Gasteiger partial charge in [0, 0.05) is 0 Å². The molecule has 0 atom stereocenters. The standard InChI is InChI=1S/C17H17BrN2O7S/c1-3-26-11-5-9(4-10(18)15(11)27-8-14(22)25-2)6-12-16(23)20(7-13(19)21)17(24)28-12/h4-6H,3,7-8H2,1-2H3,(H2,19,21)/b12-6-. The topological polar surface area (TPSA) is 125 Å². The smallest absolute Gasteiger partial charge is 0.343 e. The minimum Gasteiger partial charge on any atom is -0.490 e. The molecule has 1 aromatic carbocycles. The van der Waals surface area contributed by atoms with E-state index >= 15 is 0 Å². The number of halogens is 1. The molecule has 9 nitrogen and oxygen atoms in total. The fraction of sp³-hybridized carbons (Fsp3) is 0.294. The monoisotopic (exact) mass is 472 g/mol. The normalized spacial score (nSPS) is 15.1. The highest BCUT2D eigenvalue weighted by molar-refractivity contribution is 9.10. The van der Waals surface area contributed by atoms with Gasteiger partial charge in [-0.3, -0.25) is 19.3 Å². The van der Waals surface area contributed by atoms with E-state index in [0.29, 0.717) is 39.9 Å². The Bertz CT molecular complexity index is 856. The van der Waals surface area contributed by atoms with Crippen molar-refractivity contribution in [3.05, 3.63) is 27.1 Å². The Balaban J connectivity index is 2.32. The van der Waals surface area contributed by atoms with Gasteiger partial charge in [0.05, 0.1) is 23.1 Å². The minimum absolute atomic E-state index is 0.142. The molecule has 0 unspecified atom stereocenters. The molecule has 0 aromatic heterocycles. The summed E-state index contributed by atoms with van der Waals surface area (Å²) in [6.45, 7) is 1.33. The van der Waals surface area contributed by atoms with E-state index in [2.05, 4.69) is 20.7 Å². The predicted molar refractivity (Wildman–Crippen MR) is 105 cm³/mol. The number of nitrogens with zero attached hydrogens (tertiary/aromatic N) is 1. The van der Waals surface area contributed by atoms with Crippen LogP contribution in [0.2, 0.25) is 0 Å². The number of ether oxygens (including phenoxy) is 3. The zero-order chi connectivity index (χ0) is 20.8. The summed E-state index contributed by atoms with van der Waals surface area (Å²) in [6.07, 6.45) is 1.49. The van der Waals surface area contributed by atoms with Crippen LogP contribution < -0.4 is 15.2 Å². The third kappa shape index (κ3) is 5.26. The molecular weight excluding hydrogens is 456 g/mol. The Morgan fingerprint density at radius 3 is 2.61 bits per heavy atom. The number of hydrogen-bond acceptors (Lipinski definition) is 8. The molecule has 1 heterocycles. The quantitative estimate of drug-likeness (QED) is 0.449. The van der Waals surface area contributed by atoms with E-state index in [4.69, 9.17) is 15.2 Å². The van der Waals surface area contributed by atoms with E-state index in [1.807, 2.05) is 0 Å². The molecule has 0 aliphatic carbocycles. The summed E-state index contributed by atoms with van der Waals surface area (Å²) in [5.74, 6) is -1.30. The SMILES string of the molecule is CCOc1cc(/C=C2\SC(=O)N(CC(N)=O)C2=O)cc(Br)c1OCC(=O)OC. The number of carbonyl (C=O) groups is 4. The van der Waals surface area contributed by atoms with E-state index in [0.717, 1.165) is 4.90 Å². The molecule has 11 heteroatoms. The summed E-state index contributed by atoms with van der Waals surface area (Å²) in [7, 11) is 1.25. The average Bonchev–Trinajstić information content (AvgIpc) is 2.88. The third-order valence-corrected chi connectivity index (χ3v) is 4.88. The van der Waals surface area contributed by atoms with Crippen molar-refractivity contribution in [3.63, 3.8) is 0 Å². The van der Waals surface area contributed by atoms with E-state index in [1.54, 1.807) is 19.1 Å². The Morgan fingerprint density at radius 1 is 1.29 bits per heavy atom. The summed E-state index contributed by atoms with van der Waals surface area (Å²) in [5, 5.41) is -0.572. The molecule has 1 aliphatic heterocycles. The van der Waals surface area contributed by atoms with Gasteiger partial charge in [0.15, 0.2) is 18.1 Å². The van der Waals surface area contributed by atoms with Crippen molar-refractivity contribution in [1.82, 2.24) is 4.90 Å². The lowest BCUT2D eigenvalue weighted by Gasteiger charge is -2.14. The van der Waals surface area contributed by atoms with Gasteiger partial charge in [-0.15, -0.1) is 0 Å². The summed E-state index contributed by atoms with van der Waals surface area (Å²) < 4.78 is 16.0. The molecule has 0 spiro atoms. The van der Waals surface area contributed by atoms with Crippen molar-refractivity contribution in [2.24, 2.45) is 5.73 Å². The van der Waals surface area contributed by atoms with Gasteiger partial charge in [0.2, 0.25) is 5.91 Å². The van der Waals surface area contributed by atoms with Crippen molar-refractivity contribution in [3.8, 4) is 11.5 Å². The van der Waals surface area contributed by atoms with Crippen molar-refractivity contribution in [2.75, 3.05) is 26.9 Å². The van der Waals surface area contributed by atoms with Crippen LogP contribution in [0.4, 0.5) is 4.79 Å². The first kappa shape index (κ1) is 21.8. The van der Waals surface area contributed by atoms with Crippen LogP contribution in [-0.4, -0.2) is 54.8 Å². The van der Waals surface area contributed by atoms with Gasteiger partial charge in [-0.05, 0) is 58.4 Å². The van der Waals surface area contributed by atoms with Crippen LogP contribution in [0.15, 0.2) is 21.5 Å². The molecule has 3 amide bonds. The molecular formula is C17H17BrN2O7S. The first-order valence-electron chi connectivity index (χ1n) is 7.96. The molecule has 0 saturated carbocycles. The number of primary amides is 1. The number of esters is 1. The van der Waals surface area contributed by atoms with Gasteiger partial charge in [0.25, 0.3) is 11.1 Å². The van der Waals surface area contributed by atoms with E-state index in [9.17, 15) is 19.2 Å². The third-order valence-electron chi connectivity index (χ3n) is 3.38. The summed E-state index contributed by atoms with van der Waals surface area (Å²) >= 11 is 4.05. The minimum atomic E-state index is -0.781. The van der Waals surface area contributed by atoms with Crippen LogP contribution in [0, 0.1) is 0 Å². The van der Waals surface area contributed by atoms with Crippen molar-refractivity contribution < 1.29 is 33.4 Å². The van der Waals surface area contributed by atoms with Gasteiger partial charge >= 0.3 is 5.97 Å². The number of carbonyl (C=O) groups excluding carboxylic acids is 4. The number of nitrogens with two attached hydrogens (primary N) is 1. The van der Waals surface area contributed by atoms with Crippen LogP contribution in [-0.2, 0) is 19.1 Å². The number of methoxy groups -OCH3 is 1. The summed E-state index contributed by atoms with van der Waals surface area (Å²) in [6, 6.07) is 3.24. The summed E-state index contributed by atoms with van der Waals surface area (Å²) in [5.41, 5.74) is 5.61. The van der Waals surface area contributed by atoms with Crippen LogP contribution in [0.25, 0.3) is 6.08 Å². The Kier molecular flexibility index (Phi) is 7.46. The van der Waals surface area contributed by atoms with E-state index in [-0.39, 0.29) is 11.5 Å². The number of amides is 3. The Labute approximate surface area is 173 Å². The lowest BCUT2D eigenvalue weighted by atomic mass is 10.2. The van der Waals surface area contributed by atoms with Crippen LogP contribution in [0.3, 0.4) is 0 Å². The van der Waals surface area contributed by atoms with Gasteiger partial charge in [-0.2, -0.15) is 0 Å². The number of thioether (sulfide) groups is 1. The molecule has 0 bridgehead atoms. The van der Waals surface area contributed by atoms with Gasteiger partial charge in [-0.1, -0.05) is 0 Å². The predicted octanol–water partition coefficient (Wildman–Crippen LogP) is 1.92. The van der Waals surface area contributed by atoms with Crippen molar-refractivity contribution in [1.29, 1.82) is 0 Å². The molecule has 0 radical (unpaired) electrons. The first-order valence-corrected chi connectivity index (χ1v) is 9.57. The van der Waals surface area contributed by atoms with Crippen molar-refractivity contribution >= 4 is 56.8 Å². The Morgan fingerprint density at radius 2 is 2.00 bits per heavy atom. The molecule has 1 aromatic rings. The highest BCUT2D eigenvalue weighted by Crippen LogP contribution is 2.39. The van der Waals surface area contributed by atoms with Gasteiger partial charge in [0.1, 0.15) is 6.54 Å². The zero-order valence-electron chi connectivity index (χ0n) is 15.0. The second kappa shape index (κ2) is 9.60. The number of rotatable bonds is 8. The van der Waals surface area contributed by atoms with Crippen LogP contribution >= 0.6 is 27.7 Å². The maximum absolute atomic E-state index is 12.3.